The Labute approximate surface area is 130 Å². The van der Waals surface area contributed by atoms with Gasteiger partial charge >= 0.3 is 0 Å². The molecule has 1 aromatic heterocycles. The molecule has 0 aliphatic rings. The fourth-order valence-corrected chi connectivity index (χ4v) is 5.02. The number of hydrogen-bond donors (Lipinski definition) is 1. The average Bonchev–Trinajstić information content (AvgIpc) is 2.65. The molecule has 3 nitrogen and oxygen atoms in total. The van der Waals surface area contributed by atoms with Gasteiger partial charge in [-0.15, -0.1) is 22.9 Å². The van der Waals surface area contributed by atoms with Crippen molar-refractivity contribution in [1.29, 1.82) is 0 Å². The summed E-state index contributed by atoms with van der Waals surface area (Å²) in [6.45, 7) is 0.442. The summed E-state index contributed by atoms with van der Waals surface area (Å²) < 4.78 is 27.2. The highest BCUT2D eigenvalue weighted by Gasteiger charge is 2.18. The van der Waals surface area contributed by atoms with Crippen LogP contribution in [0.5, 0.6) is 0 Å². The molecular formula is C10H14BrCl2NO2S2. The summed E-state index contributed by atoms with van der Waals surface area (Å²) in [5, 5.41) is 0.419. The SMILES string of the molecule is O=S(=O)(NCCCCCCCl)c1cc(Cl)c(Br)s1. The highest BCUT2D eigenvalue weighted by Crippen LogP contribution is 2.34. The van der Waals surface area contributed by atoms with Crippen LogP contribution in [0.25, 0.3) is 0 Å². The van der Waals surface area contributed by atoms with Gasteiger partial charge in [-0.05, 0) is 34.8 Å². The van der Waals surface area contributed by atoms with Crippen molar-refractivity contribution in [2.24, 2.45) is 0 Å². The van der Waals surface area contributed by atoms with Crippen LogP contribution in [0.1, 0.15) is 25.7 Å². The van der Waals surface area contributed by atoms with E-state index in [4.69, 9.17) is 23.2 Å². The largest absolute Gasteiger partial charge is 0.250 e. The molecule has 1 aromatic rings. The molecule has 104 valence electrons. The Hall–Kier alpha value is 0.670. The maximum atomic E-state index is 11.9. The minimum absolute atomic E-state index is 0.236. The molecule has 1 rings (SSSR count). The van der Waals surface area contributed by atoms with Crippen molar-refractivity contribution >= 4 is 60.5 Å². The molecule has 0 amide bonds. The minimum atomic E-state index is -3.43. The zero-order chi connectivity index (χ0) is 13.6. The van der Waals surface area contributed by atoms with Crippen LogP contribution >= 0.6 is 50.5 Å². The predicted octanol–water partition coefficient (Wildman–Crippen LogP) is 4.24. The number of hydrogen-bond acceptors (Lipinski definition) is 3. The maximum absolute atomic E-state index is 11.9. The smallest absolute Gasteiger partial charge is 0.210 e. The normalized spacial score (nSPS) is 11.9. The predicted molar refractivity (Wildman–Crippen MR) is 81.4 cm³/mol. The molecule has 0 fully saturated rings. The molecule has 0 radical (unpaired) electrons. The van der Waals surface area contributed by atoms with Crippen molar-refractivity contribution in [2.75, 3.05) is 12.4 Å². The number of rotatable bonds is 8. The first kappa shape index (κ1) is 16.7. The van der Waals surface area contributed by atoms with Crippen LogP contribution in [0, 0.1) is 0 Å². The van der Waals surface area contributed by atoms with E-state index in [-0.39, 0.29) is 4.21 Å². The van der Waals surface area contributed by atoms with Crippen molar-refractivity contribution in [3.63, 3.8) is 0 Å². The van der Waals surface area contributed by atoms with Gasteiger partial charge in [0.2, 0.25) is 10.0 Å². The van der Waals surface area contributed by atoms with E-state index in [0.717, 1.165) is 37.0 Å². The molecule has 0 unspecified atom stereocenters. The monoisotopic (exact) mass is 393 g/mol. The molecule has 18 heavy (non-hydrogen) atoms. The van der Waals surface area contributed by atoms with Gasteiger partial charge in [0.15, 0.2) is 0 Å². The van der Waals surface area contributed by atoms with Crippen LogP contribution in [0.2, 0.25) is 5.02 Å². The minimum Gasteiger partial charge on any atom is -0.210 e. The molecule has 1 N–H and O–H groups in total. The Morgan fingerprint density at radius 1 is 1.28 bits per heavy atom. The van der Waals surface area contributed by atoms with Crippen LogP contribution in [-0.2, 0) is 10.0 Å². The summed E-state index contributed by atoms with van der Waals surface area (Å²) in [5.74, 6) is 0.660. The Morgan fingerprint density at radius 2 is 1.94 bits per heavy atom. The summed E-state index contributed by atoms with van der Waals surface area (Å²) in [6, 6.07) is 1.45. The van der Waals surface area contributed by atoms with Gasteiger partial charge in [-0.25, -0.2) is 13.1 Å². The van der Waals surface area contributed by atoms with E-state index in [1.54, 1.807) is 0 Å². The summed E-state index contributed by atoms with van der Waals surface area (Å²) in [6.07, 6.45) is 3.80. The van der Waals surface area contributed by atoms with Gasteiger partial charge in [-0.1, -0.05) is 24.4 Å². The third kappa shape index (κ3) is 5.35. The van der Waals surface area contributed by atoms with Crippen molar-refractivity contribution < 1.29 is 8.42 Å². The van der Waals surface area contributed by atoms with Gasteiger partial charge in [0.05, 0.1) is 8.81 Å². The lowest BCUT2D eigenvalue weighted by molar-refractivity contribution is 0.576. The van der Waals surface area contributed by atoms with E-state index in [0.29, 0.717) is 21.2 Å². The fourth-order valence-electron chi connectivity index (χ4n) is 1.31. The third-order valence-electron chi connectivity index (χ3n) is 2.24. The second-order valence-electron chi connectivity index (χ2n) is 3.69. The van der Waals surface area contributed by atoms with E-state index in [2.05, 4.69) is 20.7 Å². The first-order valence-corrected chi connectivity index (χ1v) is 9.48. The number of halogens is 3. The molecule has 1 heterocycles. The van der Waals surface area contributed by atoms with E-state index >= 15 is 0 Å². The number of alkyl halides is 1. The van der Waals surface area contributed by atoms with Crippen molar-refractivity contribution in [1.82, 2.24) is 4.72 Å². The zero-order valence-corrected chi connectivity index (χ0v) is 14.3. The second kappa shape index (κ2) is 8.07. The molecule has 0 aromatic carbocycles. The first-order valence-electron chi connectivity index (χ1n) is 5.48. The maximum Gasteiger partial charge on any atom is 0.250 e. The molecule has 0 saturated carbocycles. The summed E-state index contributed by atoms with van der Waals surface area (Å²) in [5.41, 5.74) is 0. The van der Waals surface area contributed by atoms with Crippen LogP contribution in [0.15, 0.2) is 14.1 Å². The molecule has 0 spiro atoms. The number of nitrogens with one attached hydrogen (secondary N) is 1. The molecule has 0 aliphatic heterocycles. The van der Waals surface area contributed by atoms with Gasteiger partial charge in [0.1, 0.15) is 4.21 Å². The fraction of sp³-hybridized carbons (Fsp3) is 0.600. The van der Waals surface area contributed by atoms with Crippen LogP contribution in [-0.4, -0.2) is 20.8 Å². The van der Waals surface area contributed by atoms with E-state index in [1.165, 1.54) is 6.07 Å². The molecule has 0 saturated heterocycles. The van der Waals surface area contributed by atoms with Crippen LogP contribution in [0.3, 0.4) is 0 Å². The van der Waals surface area contributed by atoms with E-state index in [1.807, 2.05) is 0 Å². The highest BCUT2D eigenvalue weighted by atomic mass is 79.9. The average molecular weight is 395 g/mol. The topological polar surface area (TPSA) is 46.2 Å². The molecule has 0 atom stereocenters. The lowest BCUT2D eigenvalue weighted by atomic mass is 10.2. The summed E-state index contributed by atoms with van der Waals surface area (Å²) >= 11 is 15.7. The summed E-state index contributed by atoms with van der Waals surface area (Å²) in [7, 11) is -3.43. The number of unbranched alkanes of at least 4 members (excludes halogenated alkanes) is 3. The van der Waals surface area contributed by atoms with Crippen LogP contribution < -0.4 is 4.72 Å². The third-order valence-corrected chi connectivity index (χ3v) is 6.92. The zero-order valence-electron chi connectivity index (χ0n) is 9.59. The van der Waals surface area contributed by atoms with Crippen molar-refractivity contribution in [2.45, 2.75) is 29.9 Å². The Morgan fingerprint density at radius 3 is 2.50 bits per heavy atom. The standard InChI is InChI=1S/C10H14BrCl2NO2S2/c11-10-8(13)7-9(17-10)18(15,16)14-6-4-2-1-3-5-12/h7,14H,1-6H2. The number of thiophene rings is 1. The Bertz CT molecular complexity index is 457. The van der Waals surface area contributed by atoms with Gasteiger partial charge in [-0.3, -0.25) is 0 Å². The van der Waals surface area contributed by atoms with Gasteiger partial charge in [0, 0.05) is 12.4 Å². The van der Waals surface area contributed by atoms with Gasteiger partial charge < -0.3 is 0 Å². The Kier molecular flexibility index (Phi) is 7.50. The molecule has 0 bridgehead atoms. The molecular weight excluding hydrogens is 381 g/mol. The number of sulfonamides is 1. The van der Waals surface area contributed by atoms with E-state index in [9.17, 15) is 8.42 Å². The Balaban J connectivity index is 2.41. The highest BCUT2D eigenvalue weighted by molar-refractivity contribution is 9.11. The lowest BCUT2D eigenvalue weighted by Gasteiger charge is -2.04. The quantitative estimate of drug-likeness (QED) is 0.529. The first-order chi connectivity index (χ1) is 8.47. The molecule has 0 aliphatic carbocycles. The van der Waals surface area contributed by atoms with Crippen molar-refractivity contribution in [3.05, 3.63) is 14.9 Å². The lowest BCUT2D eigenvalue weighted by Crippen LogP contribution is -2.23. The van der Waals surface area contributed by atoms with Crippen LogP contribution in [0.4, 0.5) is 0 Å². The van der Waals surface area contributed by atoms with Gasteiger partial charge in [-0.2, -0.15) is 0 Å². The molecule has 8 heteroatoms. The second-order valence-corrected chi connectivity index (χ2v) is 8.84. The van der Waals surface area contributed by atoms with Gasteiger partial charge in [0.25, 0.3) is 0 Å². The van der Waals surface area contributed by atoms with E-state index < -0.39 is 10.0 Å². The summed E-state index contributed by atoms with van der Waals surface area (Å²) in [4.78, 5) is 0. The van der Waals surface area contributed by atoms with Crippen molar-refractivity contribution in [3.8, 4) is 0 Å².